The number of nitrogens with one attached hydrogen (secondary N) is 1. The van der Waals surface area contributed by atoms with Crippen LogP contribution >= 0.6 is 0 Å². The van der Waals surface area contributed by atoms with Crippen LogP contribution in [0.15, 0.2) is 37.6 Å². The van der Waals surface area contributed by atoms with E-state index < -0.39 is 0 Å². The molecule has 0 bridgehead atoms. The van der Waals surface area contributed by atoms with E-state index in [-0.39, 0.29) is 0 Å². The normalized spacial score (nSPS) is 7.08. The van der Waals surface area contributed by atoms with Crippen molar-refractivity contribution in [2.24, 2.45) is 0 Å². The predicted octanol–water partition coefficient (Wildman–Crippen LogP) is 2.93. The minimum absolute atomic E-state index is 0.694. The number of rotatable bonds is 5. The van der Waals surface area contributed by atoms with Crippen molar-refractivity contribution in [1.82, 2.24) is 0 Å². The fourth-order valence-corrected chi connectivity index (χ4v) is 0.328. The lowest BCUT2D eigenvalue weighted by Crippen LogP contribution is -1.78. The van der Waals surface area contributed by atoms with Crippen LogP contribution in [0.25, 0.3) is 0 Å². The quantitative estimate of drug-likeness (QED) is 0.381. The summed E-state index contributed by atoms with van der Waals surface area (Å²) in [6, 6.07) is 0. The molecule has 12 heavy (non-hydrogen) atoms. The third kappa shape index (κ3) is 15.9. The lowest BCUT2D eigenvalue weighted by Gasteiger charge is -1.95. The second-order valence-corrected chi connectivity index (χ2v) is 1.96. The molecule has 0 spiro atoms. The minimum atomic E-state index is 0.694. The number of ether oxygens (including phenoxy) is 1. The van der Waals surface area contributed by atoms with Gasteiger partial charge in [0, 0.05) is 6.42 Å². The van der Waals surface area contributed by atoms with Gasteiger partial charge in [-0.2, -0.15) is 0 Å². The van der Waals surface area contributed by atoms with Gasteiger partial charge in [0.05, 0.1) is 12.9 Å². The lowest BCUT2D eigenvalue weighted by atomic mass is 10.4. The summed E-state index contributed by atoms with van der Waals surface area (Å²) in [6.07, 6.45) is 6.20. The summed E-state index contributed by atoms with van der Waals surface area (Å²) in [5.74, 6) is 0.759. The van der Waals surface area contributed by atoms with Crippen molar-refractivity contribution >= 4 is 6.21 Å². The van der Waals surface area contributed by atoms with Gasteiger partial charge in [-0.25, -0.2) is 0 Å². The Hall–Kier alpha value is -1.31. The van der Waals surface area contributed by atoms with Gasteiger partial charge in [0.25, 0.3) is 0 Å². The zero-order valence-corrected chi connectivity index (χ0v) is 7.68. The van der Waals surface area contributed by atoms with Crippen LogP contribution < -0.4 is 0 Å². The molecule has 0 unspecified atom stereocenters. The molecule has 0 saturated carbocycles. The molecule has 0 aromatic carbocycles. The van der Waals surface area contributed by atoms with Crippen molar-refractivity contribution in [1.29, 1.82) is 5.41 Å². The highest BCUT2D eigenvalue weighted by Crippen LogP contribution is 1.95. The highest BCUT2D eigenvalue weighted by Gasteiger charge is 1.80. The molecule has 0 aliphatic carbocycles. The molecule has 0 saturated heterocycles. The molecule has 2 heteroatoms. The molecule has 2 nitrogen and oxygen atoms in total. The first-order chi connectivity index (χ1) is 5.72. The molecular formula is C10H17NO. The summed E-state index contributed by atoms with van der Waals surface area (Å²) >= 11 is 0. The third-order valence-corrected chi connectivity index (χ3v) is 0.945. The molecule has 0 radical (unpaired) electrons. The van der Waals surface area contributed by atoms with Gasteiger partial charge in [-0.3, -0.25) is 0 Å². The van der Waals surface area contributed by atoms with E-state index in [0.29, 0.717) is 6.42 Å². The van der Waals surface area contributed by atoms with Gasteiger partial charge in [-0.15, -0.1) is 13.2 Å². The Morgan fingerprint density at radius 2 is 2.00 bits per heavy atom. The van der Waals surface area contributed by atoms with E-state index in [1.165, 1.54) is 6.21 Å². The van der Waals surface area contributed by atoms with E-state index >= 15 is 0 Å². The SMILES string of the molecule is C=CCC(=C)OC.C=CCC=N. The molecule has 0 aliphatic heterocycles. The van der Waals surface area contributed by atoms with Gasteiger partial charge in [-0.1, -0.05) is 18.7 Å². The fraction of sp³-hybridized carbons (Fsp3) is 0.300. The number of hydrogen-bond acceptors (Lipinski definition) is 2. The summed E-state index contributed by atoms with van der Waals surface area (Å²) in [4.78, 5) is 0. The summed E-state index contributed by atoms with van der Waals surface area (Å²) in [5, 5.41) is 6.41. The van der Waals surface area contributed by atoms with E-state index in [0.717, 1.165) is 12.2 Å². The molecule has 0 heterocycles. The largest absolute Gasteiger partial charge is 0.501 e. The second kappa shape index (κ2) is 12.4. The monoisotopic (exact) mass is 167 g/mol. The van der Waals surface area contributed by atoms with Crippen LogP contribution in [0, 0.1) is 5.41 Å². The topological polar surface area (TPSA) is 33.1 Å². The summed E-state index contributed by atoms with van der Waals surface area (Å²) in [6.45, 7) is 10.5. The van der Waals surface area contributed by atoms with Crippen LogP contribution in [0.2, 0.25) is 0 Å². The maximum absolute atomic E-state index is 6.41. The van der Waals surface area contributed by atoms with Gasteiger partial charge >= 0.3 is 0 Å². The van der Waals surface area contributed by atoms with E-state index in [9.17, 15) is 0 Å². The zero-order chi connectivity index (χ0) is 9.82. The Balaban J connectivity index is 0. The van der Waals surface area contributed by atoms with Gasteiger partial charge in [-0.05, 0) is 12.6 Å². The molecule has 0 amide bonds. The van der Waals surface area contributed by atoms with Crippen LogP contribution in [0.5, 0.6) is 0 Å². The minimum Gasteiger partial charge on any atom is -0.501 e. The molecular weight excluding hydrogens is 150 g/mol. The molecule has 0 aliphatic rings. The van der Waals surface area contributed by atoms with Gasteiger partial charge < -0.3 is 10.1 Å². The Kier molecular flexibility index (Phi) is 13.7. The van der Waals surface area contributed by atoms with E-state index in [2.05, 4.69) is 19.7 Å². The van der Waals surface area contributed by atoms with Crippen LogP contribution in [0.1, 0.15) is 12.8 Å². The first-order valence-electron chi connectivity index (χ1n) is 3.65. The Morgan fingerprint density at radius 1 is 1.42 bits per heavy atom. The lowest BCUT2D eigenvalue weighted by molar-refractivity contribution is 0.287. The highest BCUT2D eigenvalue weighted by molar-refractivity contribution is 5.54. The van der Waals surface area contributed by atoms with Crippen LogP contribution in [0.4, 0.5) is 0 Å². The average molecular weight is 167 g/mol. The van der Waals surface area contributed by atoms with Gasteiger partial charge in [0.1, 0.15) is 0 Å². The van der Waals surface area contributed by atoms with Crippen molar-refractivity contribution in [3.05, 3.63) is 37.6 Å². The third-order valence-electron chi connectivity index (χ3n) is 0.945. The molecule has 0 atom stereocenters. The standard InChI is InChI=1S/C6H10O.C4H7N/c1-4-5-6(2)7-3;1-2-3-4-5/h4H,1-2,5H2,3H3;2,4-5H,1,3H2. The molecule has 0 fully saturated rings. The number of allylic oxidation sites excluding steroid dienone is 2. The van der Waals surface area contributed by atoms with Crippen molar-refractivity contribution in [2.75, 3.05) is 7.11 Å². The maximum atomic E-state index is 6.41. The summed E-state index contributed by atoms with van der Waals surface area (Å²) in [5.41, 5.74) is 0. The molecule has 68 valence electrons. The van der Waals surface area contributed by atoms with Crippen LogP contribution in [-0.4, -0.2) is 13.3 Å². The fourth-order valence-electron chi connectivity index (χ4n) is 0.328. The second-order valence-electron chi connectivity index (χ2n) is 1.96. The van der Waals surface area contributed by atoms with E-state index in [1.54, 1.807) is 19.3 Å². The first-order valence-corrected chi connectivity index (χ1v) is 3.65. The molecule has 0 aromatic heterocycles. The van der Waals surface area contributed by atoms with Crippen molar-refractivity contribution in [3.63, 3.8) is 0 Å². The number of hydrogen-bond donors (Lipinski definition) is 1. The van der Waals surface area contributed by atoms with Gasteiger partial charge in [0.2, 0.25) is 0 Å². The van der Waals surface area contributed by atoms with Crippen molar-refractivity contribution < 1.29 is 4.74 Å². The number of methoxy groups -OCH3 is 1. The maximum Gasteiger partial charge on any atom is 0.0921 e. The summed E-state index contributed by atoms with van der Waals surface area (Å²) < 4.78 is 4.72. The van der Waals surface area contributed by atoms with Crippen molar-refractivity contribution in [2.45, 2.75) is 12.8 Å². The first kappa shape index (κ1) is 13.3. The predicted molar refractivity (Wildman–Crippen MR) is 54.6 cm³/mol. The van der Waals surface area contributed by atoms with Gasteiger partial charge in [0.15, 0.2) is 0 Å². The van der Waals surface area contributed by atoms with Crippen molar-refractivity contribution in [3.8, 4) is 0 Å². The average Bonchev–Trinajstić information content (AvgIpc) is 2.07. The Labute approximate surface area is 74.8 Å². The molecule has 0 aromatic rings. The highest BCUT2D eigenvalue weighted by atomic mass is 16.5. The summed E-state index contributed by atoms with van der Waals surface area (Å²) in [7, 11) is 1.60. The Bertz CT molecular complexity index is 144. The van der Waals surface area contributed by atoms with E-state index in [1.807, 2.05) is 0 Å². The molecule has 1 N–H and O–H groups in total. The smallest absolute Gasteiger partial charge is 0.0921 e. The Morgan fingerprint density at radius 3 is 2.08 bits per heavy atom. The zero-order valence-electron chi connectivity index (χ0n) is 7.68. The van der Waals surface area contributed by atoms with E-state index in [4.69, 9.17) is 10.1 Å². The van der Waals surface area contributed by atoms with Crippen LogP contribution in [-0.2, 0) is 4.74 Å². The van der Waals surface area contributed by atoms with Crippen LogP contribution in [0.3, 0.4) is 0 Å². The molecule has 0 rings (SSSR count).